The molecule has 0 aliphatic heterocycles. The number of aromatic nitrogens is 3. The Kier molecular flexibility index (Phi) is 5.78. The van der Waals surface area contributed by atoms with Crippen LogP contribution in [0.1, 0.15) is 5.56 Å². The Bertz CT molecular complexity index is 1360. The van der Waals surface area contributed by atoms with Crippen LogP contribution in [-0.2, 0) is 16.3 Å². The standard InChI is InChI=1S/C20H18N6O3S2/c1-31(29,26-20(27)28)15-4-2-3-13(9-15)11-22-14-5-6-16-17(10-14)23-12-24-18(16)25-19-21-7-8-30-19/h2-10,12,22H,11H2,1H3,(H,27,28)(H,21,23,24,25). The first-order valence-corrected chi connectivity index (χ1v) is 11.9. The number of carbonyl (C=O) groups is 1. The van der Waals surface area contributed by atoms with Gasteiger partial charge in [0.05, 0.1) is 15.2 Å². The molecular weight excluding hydrogens is 436 g/mol. The van der Waals surface area contributed by atoms with E-state index in [1.165, 1.54) is 23.9 Å². The predicted molar refractivity (Wildman–Crippen MR) is 121 cm³/mol. The van der Waals surface area contributed by atoms with Gasteiger partial charge in [0.1, 0.15) is 12.1 Å². The predicted octanol–water partition coefficient (Wildman–Crippen LogP) is 4.58. The molecule has 31 heavy (non-hydrogen) atoms. The summed E-state index contributed by atoms with van der Waals surface area (Å²) in [6.07, 6.45) is 3.08. The zero-order valence-electron chi connectivity index (χ0n) is 16.3. The molecule has 2 aromatic heterocycles. The van der Waals surface area contributed by atoms with E-state index < -0.39 is 15.8 Å². The largest absolute Gasteiger partial charge is 0.463 e. The molecule has 2 aromatic carbocycles. The average molecular weight is 455 g/mol. The summed E-state index contributed by atoms with van der Waals surface area (Å²) in [5.74, 6) is 0.680. The van der Waals surface area contributed by atoms with Gasteiger partial charge < -0.3 is 15.7 Å². The van der Waals surface area contributed by atoms with E-state index in [-0.39, 0.29) is 0 Å². The fourth-order valence-electron chi connectivity index (χ4n) is 2.95. The third-order valence-corrected chi connectivity index (χ3v) is 6.70. The molecule has 0 spiro atoms. The number of hydrogen-bond acceptors (Lipinski definition) is 8. The first-order chi connectivity index (χ1) is 14.9. The van der Waals surface area contributed by atoms with Gasteiger partial charge in [0.2, 0.25) is 0 Å². The smallest absolute Gasteiger partial charge is 0.439 e. The summed E-state index contributed by atoms with van der Waals surface area (Å²) in [4.78, 5) is 24.1. The molecule has 0 saturated carbocycles. The summed E-state index contributed by atoms with van der Waals surface area (Å²) in [7, 11) is -3.00. The Morgan fingerprint density at radius 2 is 2.06 bits per heavy atom. The summed E-state index contributed by atoms with van der Waals surface area (Å²) >= 11 is 1.49. The molecule has 0 bridgehead atoms. The number of hydrogen-bond donors (Lipinski definition) is 3. The number of fused-ring (bicyclic) bond motifs is 1. The Hall–Kier alpha value is -3.57. The second-order valence-electron chi connectivity index (χ2n) is 6.59. The van der Waals surface area contributed by atoms with Gasteiger partial charge >= 0.3 is 6.09 Å². The van der Waals surface area contributed by atoms with Crippen molar-refractivity contribution in [2.24, 2.45) is 4.36 Å². The van der Waals surface area contributed by atoms with Gasteiger partial charge in [-0.05, 0) is 35.9 Å². The molecule has 9 nitrogen and oxygen atoms in total. The lowest BCUT2D eigenvalue weighted by Gasteiger charge is -2.11. The van der Waals surface area contributed by atoms with Crippen LogP contribution in [0.2, 0.25) is 0 Å². The van der Waals surface area contributed by atoms with Crippen molar-refractivity contribution >= 4 is 54.7 Å². The van der Waals surface area contributed by atoms with E-state index in [2.05, 4.69) is 29.9 Å². The van der Waals surface area contributed by atoms with E-state index in [1.807, 2.05) is 29.6 Å². The van der Waals surface area contributed by atoms with Crippen molar-refractivity contribution in [2.75, 3.05) is 16.9 Å². The maximum atomic E-state index is 12.5. The molecule has 0 saturated heterocycles. The maximum Gasteiger partial charge on any atom is 0.439 e. The minimum absolute atomic E-state index is 0.373. The van der Waals surface area contributed by atoms with Crippen molar-refractivity contribution in [1.82, 2.24) is 15.0 Å². The fraction of sp³-hybridized carbons (Fsp3) is 0.100. The van der Waals surface area contributed by atoms with Crippen LogP contribution >= 0.6 is 11.3 Å². The van der Waals surface area contributed by atoms with Crippen molar-refractivity contribution in [1.29, 1.82) is 0 Å². The highest BCUT2D eigenvalue weighted by atomic mass is 32.2. The fourth-order valence-corrected chi connectivity index (χ4v) is 4.58. The number of benzene rings is 2. The van der Waals surface area contributed by atoms with Gasteiger partial charge in [-0.3, -0.25) is 0 Å². The number of rotatable bonds is 6. The molecule has 1 unspecified atom stereocenters. The second-order valence-corrected chi connectivity index (χ2v) is 9.75. The van der Waals surface area contributed by atoms with Gasteiger partial charge in [0.15, 0.2) is 5.13 Å². The summed E-state index contributed by atoms with van der Waals surface area (Å²) in [6.45, 7) is 0.456. The quantitative estimate of drug-likeness (QED) is 0.386. The third-order valence-electron chi connectivity index (χ3n) is 4.38. The van der Waals surface area contributed by atoms with Crippen molar-refractivity contribution in [3.05, 3.63) is 65.9 Å². The van der Waals surface area contributed by atoms with Gasteiger partial charge in [-0.1, -0.05) is 12.1 Å². The van der Waals surface area contributed by atoms with Crippen LogP contribution in [0.25, 0.3) is 10.9 Å². The number of nitrogens with one attached hydrogen (secondary N) is 2. The SMILES string of the molecule is CS(=O)(=NC(=O)O)c1cccc(CNc2ccc3c(Nc4nccs4)ncnc3c2)c1. The summed E-state index contributed by atoms with van der Waals surface area (Å²) in [5, 5.41) is 18.8. The Labute approximate surface area is 182 Å². The molecule has 0 fully saturated rings. The normalized spacial score (nSPS) is 12.8. The molecule has 4 rings (SSSR count). The summed E-state index contributed by atoms with van der Waals surface area (Å²) in [5.41, 5.74) is 2.47. The lowest BCUT2D eigenvalue weighted by Crippen LogP contribution is -2.04. The maximum absolute atomic E-state index is 12.5. The number of nitrogens with zero attached hydrogens (tertiary/aromatic N) is 4. The van der Waals surface area contributed by atoms with Crippen LogP contribution in [0.4, 0.5) is 21.4 Å². The van der Waals surface area contributed by atoms with Gasteiger partial charge in [-0.2, -0.15) is 0 Å². The lowest BCUT2D eigenvalue weighted by atomic mass is 10.2. The van der Waals surface area contributed by atoms with Crippen LogP contribution in [-0.4, -0.2) is 36.6 Å². The molecule has 0 aliphatic rings. The van der Waals surface area contributed by atoms with Crippen LogP contribution in [0.5, 0.6) is 0 Å². The molecule has 0 radical (unpaired) electrons. The van der Waals surface area contributed by atoms with Gasteiger partial charge in [-0.15, -0.1) is 15.7 Å². The Balaban J connectivity index is 1.53. The van der Waals surface area contributed by atoms with E-state index in [1.54, 1.807) is 24.4 Å². The molecule has 158 valence electrons. The lowest BCUT2D eigenvalue weighted by molar-refractivity contribution is 0.206. The van der Waals surface area contributed by atoms with Crippen molar-refractivity contribution in [3.63, 3.8) is 0 Å². The van der Waals surface area contributed by atoms with E-state index in [0.717, 1.165) is 27.3 Å². The molecule has 0 aliphatic carbocycles. The van der Waals surface area contributed by atoms with Crippen molar-refractivity contribution in [2.45, 2.75) is 11.4 Å². The van der Waals surface area contributed by atoms with E-state index in [0.29, 0.717) is 17.3 Å². The number of carboxylic acid groups (broad SMARTS) is 1. The number of amides is 1. The highest BCUT2D eigenvalue weighted by Crippen LogP contribution is 2.26. The third kappa shape index (κ3) is 4.95. The van der Waals surface area contributed by atoms with Crippen molar-refractivity contribution < 1.29 is 14.1 Å². The zero-order valence-corrected chi connectivity index (χ0v) is 18.0. The topological polar surface area (TPSA) is 129 Å². The minimum Gasteiger partial charge on any atom is -0.463 e. The van der Waals surface area contributed by atoms with Gasteiger partial charge in [0.25, 0.3) is 0 Å². The number of anilines is 3. The van der Waals surface area contributed by atoms with Crippen molar-refractivity contribution in [3.8, 4) is 0 Å². The summed E-state index contributed by atoms with van der Waals surface area (Å²) < 4.78 is 15.8. The van der Waals surface area contributed by atoms with Gasteiger partial charge in [0, 0.05) is 40.3 Å². The molecule has 4 aromatic rings. The highest BCUT2D eigenvalue weighted by Gasteiger charge is 2.10. The Morgan fingerprint density at radius 3 is 2.84 bits per heavy atom. The molecule has 1 amide bonds. The van der Waals surface area contributed by atoms with Crippen LogP contribution in [0.3, 0.4) is 0 Å². The molecule has 2 heterocycles. The molecule has 11 heteroatoms. The first kappa shape index (κ1) is 20.7. The van der Waals surface area contributed by atoms with Crippen LogP contribution in [0.15, 0.2) is 69.6 Å². The van der Waals surface area contributed by atoms with E-state index in [9.17, 15) is 9.00 Å². The minimum atomic E-state index is -3.00. The highest BCUT2D eigenvalue weighted by molar-refractivity contribution is 7.93. The number of thiazole rings is 1. The molecule has 3 N–H and O–H groups in total. The Morgan fingerprint density at radius 1 is 1.19 bits per heavy atom. The van der Waals surface area contributed by atoms with Gasteiger partial charge in [-0.25, -0.2) is 24.0 Å². The molecular formula is C20H18N6O3S2. The monoisotopic (exact) mass is 454 g/mol. The average Bonchev–Trinajstić information content (AvgIpc) is 3.25. The van der Waals surface area contributed by atoms with E-state index in [4.69, 9.17) is 5.11 Å². The van der Waals surface area contributed by atoms with E-state index >= 15 is 0 Å². The van der Waals surface area contributed by atoms with Crippen LogP contribution in [0, 0.1) is 0 Å². The zero-order chi connectivity index (χ0) is 21.8. The second kappa shape index (κ2) is 8.66. The van der Waals surface area contributed by atoms with Crippen LogP contribution < -0.4 is 10.6 Å². The molecule has 1 atom stereocenters. The summed E-state index contributed by atoms with van der Waals surface area (Å²) in [6, 6.07) is 12.7. The first-order valence-electron chi connectivity index (χ1n) is 9.10.